The minimum absolute atomic E-state index is 0.545. The number of aromatic nitrogens is 1. The van der Waals surface area contributed by atoms with Gasteiger partial charge in [0.15, 0.2) is 3.95 Å². The van der Waals surface area contributed by atoms with Gasteiger partial charge in [-0.1, -0.05) is 76.2 Å². The highest BCUT2D eigenvalue weighted by Gasteiger charge is 2.12. The quantitative estimate of drug-likeness (QED) is 0.483. The van der Waals surface area contributed by atoms with Crippen molar-refractivity contribution in [2.45, 2.75) is 39.5 Å². The largest absolute Gasteiger partial charge is 0.336 e. The molecule has 0 aliphatic heterocycles. The van der Waals surface area contributed by atoms with E-state index in [4.69, 9.17) is 12.2 Å². The molecule has 0 spiro atoms. The van der Waals surface area contributed by atoms with E-state index in [0.717, 1.165) is 9.65 Å². The molecule has 124 valence electrons. The van der Waals surface area contributed by atoms with E-state index >= 15 is 0 Å². The van der Waals surface area contributed by atoms with Crippen LogP contribution in [0.1, 0.15) is 50.7 Å². The van der Waals surface area contributed by atoms with Crippen molar-refractivity contribution < 1.29 is 0 Å². The highest BCUT2D eigenvalue weighted by molar-refractivity contribution is 7.73. The fourth-order valence-electron chi connectivity index (χ4n) is 2.79. The predicted octanol–water partition coefficient (Wildman–Crippen LogP) is 7.39. The molecule has 3 aromatic rings. The Morgan fingerprint density at radius 2 is 1.21 bits per heavy atom. The summed E-state index contributed by atoms with van der Waals surface area (Å²) in [5.74, 6) is 1.09. The summed E-state index contributed by atoms with van der Waals surface area (Å²) in [7, 11) is 0. The van der Waals surface area contributed by atoms with Crippen molar-refractivity contribution >= 4 is 23.6 Å². The van der Waals surface area contributed by atoms with Gasteiger partial charge in [0.25, 0.3) is 0 Å². The Hall–Kier alpha value is -1.71. The Labute approximate surface area is 153 Å². The van der Waals surface area contributed by atoms with E-state index in [-0.39, 0.29) is 0 Å². The zero-order valence-corrected chi connectivity index (χ0v) is 16.2. The van der Waals surface area contributed by atoms with E-state index in [9.17, 15) is 0 Å². The van der Waals surface area contributed by atoms with Crippen LogP contribution in [0.5, 0.6) is 0 Å². The first-order valence-electron chi connectivity index (χ1n) is 8.39. The molecule has 1 heterocycles. The molecular weight excluding hydrogens is 330 g/mol. The second-order valence-electron chi connectivity index (χ2n) is 6.77. The van der Waals surface area contributed by atoms with Gasteiger partial charge < -0.3 is 4.98 Å². The van der Waals surface area contributed by atoms with E-state index in [2.05, 4.69) is 81.2 Å². The third-order valence-corrected chi connectivity index (χ3v) is 5.64. The SMILES string of the molecule is CC(C)c1ccc(-c2[nH]c(=S)sc2-c2ccc(C(C)C)cc2)cc1. The maximum absolute atomic E-state index is 5.42. The van der Waals surface area contributed by atoms with Gasteiger partial charge in [0.2, 0.25) is 0 Å². The second kappa shape index (κ2) is 7.04. The number of hydrogen-bond donors (Lipinski definition) is 1. The lowest BCUT2D eigenvalue weighted by molar-refractivity contribution is 0.867. The third kappa shape index (κ3) is 3.52. The van der Waals surface area contributed by atoms with Crippen LogP contribution in [0.2, 0.25) is 0 Å². The topological polar surface area (TPSA) is 15.8 Å². The lowest BCUT2D eigenvalue weighted by atomic mass is 9.98. The van der Waals surface area contributed by atoms with E-state index in [1.165, 1.54) is 27.1 Å². The van der Waals surface area contributed by atoms with E-state index in [1.807, 2.05) is 0 Å². The van der Waals surface area contributed by atoms with Crippen molar-refractivity contribution in [2.24, 2.45) is 0 Å². The van der Waals surface area contributed by atoms with Crippen LogP contribution in [-0.2, 0) is 0 Å². The zero-order chi connectivity index (χ0) is 17.3. The minimum atomic E-state index is 0.545. The molecule has 3 heteroatoms. The number of thiazole rings is 1. The highest BCUT2D eigenvalue weighted by Crippen LogP contribution is 2.36. The molecule has 0 unspecified atom stereocenters. The van der Waals surface area contributed by atoms with Gasteiger partial charge >= 0.3 is 0 Å². The van der Waals surface area contributed by atoms with Crippen LogP contribution in [0.3, 0.4) is 0 Å². The number of rotatable bonds is 4. The van der Waals surface area contributed by atoms with Crippen molar-refractivity contribution in [3.8, 4) is 21.7 Å². The minimum Gasteiger partial charge on any atom is -0.336 e. The van der Waals surface area contributed by atoms with Crippen molar-refractivity contribution in [1.29, 1.82) is 0 Å². The molecule has 3 rings (SSSR count). The normalized spacial score (nSPS) is 11.4. The first-order chi connectivity index (χ1) is 11.5. The van der Waals surface area contributed by atoms with Crippen LogP contribution < -0.4 is 0 Å². The first-order valence-corrected chi connectivity index (χ1v) is 9.62. The van der Waals surface area contributed by atoms with Gasteiger partial charge in [0, 0.05) is 0 Å². The summed E-state index contributed by atoms with van der Waals surface area (Å²) in [6, 6.07) is 17.6. The van der Waals surface area contributed by atoms with Gasteiger partial charge in [-0.3, -0.25) is 0 Å². The maximum atomic E-state index is 5.42. The molecule has 1 nitrogen and oxygen atoms in total. The fourth-order valence-corrected chi connectivity index (χ4v) is 4.00. The highest BCUT2D eigenvalue weighted by atomic mass is 32.1. The molecule has 0 saturated heterocycles. The molecule has 1 N–H and O–H groups in total. The molecule has 24 heavy (non-hydrogen) atoms. The summed E-state index contributed by atoms with van der Waals surface area (Å²) in [6.07, 6.45) is 0. The number of hydrogen-bond acceptors (Lipinski definition) is 2. The molecule has 0 saturated carbocycles. The number of H-pyrrole nitrogens is 1. The third-order valence-electron chi connectivity index (χ3n) is 4.35. The molecule has 0 aliphatic rings. The first kappa shape index (κ1) is 17.1. The Bertz CT molecular complexity index is 793. The Morgan fingerprint density at radius 1 is 0.750 bits per heavy atom. The average molecular weight is 354 g/mol. The smallest absolute Gasteiger partial charge is 0.159 e. The van der Waals surface area contributed by atoms with Crippen molar-refractivity contribution in [3.05, 3.63) is 63.6 Å². The molecule has 0 amide bonds. The van der Waals surface area contributed by atoms with Crippen molar-refractivity contribution in [2.75, 3.05) is 0 Å². The monoisotopic (exact) mass is 353 g/mol. The van der Waals surface area contributed by atoms with Crippen LogP contribution >= 0.6 is 23.6 Å². The molecule has 0 atom stereocenters. The summed E-state index contributed by atoms with van der Waals surface area (Å²) in [6.45, 7) is 8.87. The summed E-state index contributed by atoms with van der Waals surface area (Å²) in [4.78, 5) is 4.59. The van der Waals surface area contributed by atoms with Gasteiger partial charge in [-0.2, -0.15) is 0 Å². The average Bonchev–Trinajstić information content (AvgIpc) is 2.97. The second-order valence-corrected chi connectivity index (χ2v) is 8.46. The van der Waals surface area contributed by atoms with E-state index in [1.54, 1.807) is 11.3 Å². The zero-order valence-electron chi connectivity index (χ0n) is 14.6. The molecular formula is C21H23NS2. The fraction of sp³-hybridized carbons (Fsp3) is 0.286. The predicted molar refractivity (Wildman–Crippen MR) is 109 cm³/mol. The molecule has 0 aliphatic carbocycles. The van der Waals surface area contributed by atoms with E-state index < -0.39 is 0 Å². The lowest BCUT2D eigenvalue weighted by Gasteiger charge is -2.09. The standard InChI is InChI=1S/C21H23NS2/c1-13(2)15-5-9-17(10-6-15)19-20(24-21(23)22-19)18-11-7-16(8-12-18)14(3)4/h5-14H,1-4H3,(H,22,23). The van der Waals surface area contributed by atoms with Crippen LogP contribution in [0.25, 0.3) is 21.7 Å². The van der Waals surface area contributed by atoms with Gasteiger partial charge in [0.05, 0.1) is 10.6 Å². The molecule has 0 fully saturated rings. The Morgan fingerprint density at radius 3 is 1.67 bits per heavy atom. The summed E-state index contributed by atoms with van der Waals surface area (Å²) >= 11 is 7.06. The molecule has 0 bridgehead atoms. The Kier molecular flexibility index (Phi) is 5.02. The lowest BCUT2D eigenvalue weighted by Crippen LogP contribution is -1.89. The van der Waals surface area contributed by atoms with Gasteiger partial charge in [0.1, 0.15) is 0 Å². The van der Waals surface area contributed by atoms with Gasteiger partial charge in [-0.05, 0) is 46.3 Å². The maximum Gasteiger partial charge on any atom is 0.159 e. The number of nitrogens with one attached hydrogen (secondary N) is 1. The van der Waals surface area contributed by atoms with Crippen LogP contribution in [0.4, 0.5) is 0 Å². The molecule has 2 aromatic carbocycles. The summed E-state index contributed by atoms with van der Waals surface area (Å²) < 4.78 is 0.820. The molecule has 1 aromatic heterocycles. The van der Waals surface area contributed by atoms with Crippen molar-refractivity contribution in [3.63, 3.8) is 0 Å². The van der Waals surface area contributed by atoms with Crippen LogP contribution in [-0.4, -0.2) is 4.98 Å². The number of benzene rings is 2. The van der Waals surface area contributed by atoms with Gasteiger partial charge in [-0.15, -0.1) is 11.3 Å². The Balaban J connectivity index is 2.03. The van der Waals surface area contributed by atoms with E-state index in [0.29, 0.717) is 11.8 Å². The summed E-state index contributed by atoms with van der Waals surface area (Å²) in [5, 5.41) is 0. The molecule has 0 radical (unpaired) electrons. The van der Waals surface area contributed by atoms with Crippen molar-refractivity contribution in [1.82, 2.24) is 4.98 Å². The number of aromatic amines is 1. The van der Waals surface area contributed by atoms with Crippen LogP contribution in [0, 0.1) is 3.95 Å². The summed E-state index contributed by atoms with van der Waals surface area (Å²) in [5.41, 5.74) is 6.25. The van der Waals surface area contributed by atoms with Crippen LogP contribution in [0.15, 0.2) is 48.5 Å². The van der Waals surface area contributed by atoms with Gasteiger partial charge in [-0.25, -0.2) is 0 Å².